The van der Waals surface area contributed by atoms with Gasteiger partial charge in [0.1, 0.15) is 0 Å². The maximum atomic E-state index is 2.91. The third-order valence-electron chi connectivity index (χ3n) is 15.5. The molecule has 0 N–H and O–H groups in total. The van der Waals surface area contributed by atoms with E-state index in [9.17, 15) is 0 Å². The minimum Gasteiger partial charge on any atom is -0.335 e. The molecule has 6 aliphatic rings. The molecule has 5 aromatic carbocycles. The molecule has 4 heteroatoms. The SMILES string of the molecule is Cc1cc2c3c(c1)C1(C)CCCCC1(C)N3c1cc(N(c3ccccc3)c3ccccc3)cc3c1B2c1cc(C)cc2c1N3C1(C)CCCCC21C. The molecule has 3 nitrogen and oxygen atoms in total. The van der Waals surface area contributed by atoms with Crippen LogP contribution in [-0.2, 0) is 10.8 Å². The first-order valence-corrected chi connectivity index (χ1v) is 20.1. The van der Waals surface area contributed by atoms with E-state index >= 15 is 0 Å². The Morgan fingerprint density at radius 2 is 0.942 bits per heavy atom. The third kappa shape index (κ3) is 3.55. The number of hydrogen-bond acceptors (Lipinski definition) is 3. The van der Waals surface area contributed by atoms with Gasteiger partial charge in [-0.1, -0.05) is 111 Å². The predicted molar refractivity (Wildman–Crippen MR) is 221 cm³/mol. The van der Waals surface area contributed by atoms with Crippen molar-refractivity contribution in [3.8, 4) is 0 Å². The van der Waals surface area contributed by atoms with Gasteiger partial charge in [-0.3, -0.25) is 0 Å². The molecule has 260 valence electrons. The molecule has 5 aromatic rings. The van der Waals surface area contributed by atoms with Crippen LogP contribution in [0.3, 0.4) is 0 Å². The maximum Gasteiger partial charge on any atom is 0.252 e. The summed E-state index contributed by atoms with van der Waals surface area (Å²) in [5, 5.41) is 0. The van der Waals surface area contributed by atoms with Gasteiger partial charge in [0, 0.05) is 45.0 Å². The molecule has 2 fully saturated rings. The van der Waals surface area contributed by atoms with Crippen molar-refractivity contribution in [2.75, 3.05) is 14.7 Å². The molecule has 0 saturated heterocycles. The molecule has 2 aliphatic carbocycles. The van der Waals surface area contributed by atoms with Crippen LogP contribution in [0.5, 0.6) is 0 Å². The van der Waals surface area contributed by atoms with Gasteiger partial charge in [0.05, 0.1) is 16.8 Å². The first-order chi connectivity index (χ1) is 25.1. The summed E-state index contributed by atoms with van der Waals surface area (Å²) in [5.74, 6) is 0. The van der Waals surface area contributed by atoms with E-state index in [1.165, 1.54) is 119 Å². The van der Waals surface area contributed by atoms with Crippen molar-refractivity contribution in [2.45, 2.75) is 115 Å². The zero-order valence-corrected chi connectivity index (χ0v) is 31.8. The summed E-state index contributed by atoms with van der Waals surface area (Å²) >= 11 is 0. The number of aryl methyl sites for hydroxylation is 2. The third-order valence-corrected chi connectivity index (χ3v) is 15.5. The topological polar surface area (TPSA) is 9.72 Å². The van der Waals surface area contributed by atoms with Crippen LogP contribution in [0.4, 0.5) is 39.8 Å². The lowest BCUT2D eigenvalue weighted by Crippen LogP contribution is -2.66. The summed E-state index contributed by atoms with van der Waals surface area (Å²) in [6, 6.07) is 37.6. The molecule has 0 aromatic heterocycles. The number of anilines is 7. The van der Waals surface area contributed by atoms with Gasteiger partial charge in [0.2, 0.25) is 0 Å². The maximum absolute atomic E-state index is 2.91. The van der Waals surface area contributed by atoms with Crippen molar-refractivity contribution in [3.63, 3.8) is 0 Å². The standard InChI is InChI=1S/C48H50BN3/c1-31-25-36-43-38(27-31)49-39-28-32(2)26-37-44(39)52(48(6)24-16-14-22-46(37,48)4)41-30-35(50(33-17-9-7-10-18-33)34-19-11-8-12-20-34)29-40(42(41)49)51(43)47(5)23-15-13-21-45(36,47)3/h7-12,17-20,25-30H,13-16,21-24H2,1-6H3. The lowest BCUT2D eigenvalue weighted by atomic mass is 9.33. The first kappa shape index (κ1) is 31.1. The van der Waals surface area contributed by atoms with Crippen molar-refractivity contribution in [1.29, 1.82) is 0 Å². The van der Waals surface area contributed by atoms with Crippen LogP contribution in [-0.4, -0.2) is 17.8 Å². The molecule has 0 spiro atoms. The quantitative estimate of drug-likeness (QED) is 0.176. The fourth-order valence-corrected chi connectivity index (χ4v) is 12.7. The smallest absolute Gasteiger partial charge is 0.252 e. The predicted octanol–water partition coefficient (Wildman–Crippen LogP) is 10.4. The Hall–Kier alpha value is -4.44. The fraction of sp³-hybridized carbons (Fsp3) is 0.375. The second kappa shape index (κ2) is 10.2. The summed E-state index contributed by atoms with van der Waals surface area (Å²) in [4.78, 5) is 8.33. The van der Waals surface area contributed by atoms with Crippen molar-refractivity contribution >= 4 is 62.9 Å². The van der Waals surface area contributed by atoms with Crippen molar-refractivity contribution < 1.29 is 0 Å². The van der Waals surface area contributed by atoms with Crippen LogP contribution in [0.2, 0.25) is 0 Å². The van der Waals surface area contributed by atoms with E-state index < -0.39 is 0 Å². The van der Waals surface area contributed by atoms with Crippen LogP contribution in [0.15, 0.2) is 97.1 Å². The van der Waals surface area contributed by atoms with Gasteiger partial charge in [0.15, 0.2) is 0 Å². The fourth-order valence-electron chi connectivity index (χ4n) is 12.7. The molecule has 2 saturated carbocycles. The van der Waals surface area contributed by atoms with Crippen molar-refractivity contribution in [1.82, 2.24) is 0 Å². The highest BCUT2D eigenvalue weighted by Gasteiger charge is 2.65. The molecular weight excluding hydrogens is 629 g/mol. The summed E-state index contributed by atoms with van der Waals surface area (Å²) in [6.07, 6.45) is 10.1. The highest BCUT2D eigenvalue weighted by Crippen LogP contribution is 2.65. The van der Waals surface area contributed by atoms with Gasteiger partial charge in [-0.15, -0.1) is 0 Å². The van der Waals surface area contributed by atoms with Crippen LogP contribution < -0.4 is 31.1 Å². The molecular formula is C48H50BN3. The molecule has 4 heterocycles. The Balaban J connectivity index is 1.30. The van der Waals surface area contributed by atoms with Gasteiger partial charge >= 0.3 is 0 Å². The molecule has 4 atom stereocenters. The number of hydrogen-bond donors (Lipinski definition) is 0. The number of rotatable bonds is 3. The lowest BCUT2D eigenvalue weighted by molar-refractivity contribution is 0.194. The zero-order chi connectivity index (χ0) is 35.4. The molecule has 0 amide bonds. The summed E-state index contributed by atoms with van der Waals surface area (Å²) in [5.41, 5.74) is 20.3. The van der Waals surface area contributed by atoms with E-state index in [0.717, 1.165) is 0 Å². The average molecular weight is 680 g/mol. The van der Waals surface area contributed by atoms with Crippen molar-refractivity contribution in [3.05, 3.63) is 119 Å². The minimum atomic E-state index is -0.00980. The molecule has 4 unspecified atom stereocenters. The van der Waals surface area contributed by atoms with Crippen LogP contribution >= 0.6 is 0 Å². The Morgan fingerprint density at radius 3 is 1.38 bits per heavy atom. The number of nitrogens with zero attached hydrogens (tertiary/aromatic N) is 3. The summed E-state index contributed by atoms with van der Waals surface area (Å²) in [7, 11) is 0. The Bertz CT molecular complexity index is 2180. The Kier molecular flexibility index (Phi) is 6.08. The van der Waals surface area contributed by atoms with Gasteiger partial charge in [-0.25, -0.2) is 0 Å². The Morgan fingerprint density at radius 1 is 0.519 bits per heavy atom. The Labute approximate surface area is 310 Å². The normalized spacial score (nSPS) is 28.5. The number of fused-ring (bicyclic) bond motifs is 10. The molecule has 0 radical (unpaired) electrons. The number of para-hydroxylation sites is 2. The van der Waals surface area contributed by atoms with Gasteiger partial charge in [0.25, 0.3) is 6.71 Å². The van der Waals surface area contributed by atoms with Gasteiger partial charge < -0.3 is 14.7 Å². The van der Waals surface area contributed by atoms with E-state index in [4.69, 9.17) is 0 Å². The monoisotopic (exact) mass is 679 g/mol. The molecule has 0 bridgehead atoms. The average Bonchev–Trinajstić information content (AvgIpc) is 3.48. The van der Waals surface area contributed by atoms with E-state index in [1.807, 2.05) is 0 Å². The molecule has 11 rings (SSSR count). The molecule has 4 aliphatic heterocycles. The van der Waals surface area contributed by atoms with E-state index in [1.54, 1.807) is 11.1 Å². The van der Waals surface area contributed by atoms with E-state index in [2.05, 4.69) is 153 Å². The summed E-state index contributed by atoms with van der Waals surface area (Å²) in [6.45, 7) is 15.4. The van der Waals surface area contributed by atoms with Crippen LogP contribution in [0.1, 0.15) is 101 Å². The van der Waals surface area contributed by atoms with Crippen LogP contribution in [0.25, 0.3) is 0 Å². The second-order valence-electron chi connectivity index (χ2n) is 18.1. The molecule has 52 heavy (non-hydrogen) atoms. The highest BCUT2D eigenvalue weighted by atomic mass is 15.3. The minimum absolute atomic E-state index is 0.00980. The van der Waals surface area contributed by atoms with Gasteiger partial charge in [-0.05, 0) is 117 Å². The first-order valence-electron chi connectivity index (χ1n) is 20.1. The van der Waals surface area contributed by atoms with Crippen molar-refractivity contribution in [2.24, 2.45) is 0 Å². The zero-order valence-electron chi connectivity index (χ0n) is 31.8. The van der Waals surface area contributed by atoms with E-state index in [-0.39, 0.29) is 28.6 Å². The summed E-state index contributed by atoms with van der Waals surface area (Å²) < 4.78 is 0. The van der Waals surface area contributed by atoms with Crippen LogP contribution in [0, 0.1) is 13.8 Å². The second-order valence-corrected chi connectivity index (χ2v) is 18.1. The number of benzene rings is 5. The van der Waals surface area contributed by atoms with Gasteiger partial charge in [-0.2, -0.15) is 0 Å². The lowest BCUT2D eigenvalue weighted by Gasteiger charge is -2.55. The van der Waals surface area contributed by atoms with E-state index in [0.29, 0.717) is 0 Å². The largest absolute Gasteiger partial charge is 0.335 e. The highest BCUT2D eigenvalue weighted by molar-refractivity contribution is 7.00.